The summed E-state index contributed by atoms with van der Waals surface area (Å²) in [5.41, 5.74) is 0.377. The monoisotopic (exact) mass is 500 g/mol. The Kier molecular flexibility index (Phi) is 11.6. The minimum Gasteiger partial charge on any atom is -0.504 e. The van der Waals surface area contributed by atoms with E-state index in [0.717, 1.165) is 63.1 Å². The third-order valence-corrected chi connectivity index (χ3v) is 8.27. The molecule has 6 nitrogen and oxygen atoms in total. The van der Waals surface area contributed by atoms with Crippen LogP contribution in [0.15, 0.2) is 30.4 Å². The number of aliphatic hydroxyl groups is 1. The Bertz CT molecular complexity index is 832. The van der Waals surface area contributed by atoms with Crippen LogP contribution in [0.1, 0.15) is 89.0 Å². The minimum atomic E-state index is -0.590. The van der Waals surface area contributed by atoms with Gasteiger partial charge in [0.2, 0.25) is 5.91 Å². The molecule has 1 aromatic carbocycles. The van der Waals surface area contributed by atoms with E-state index in [2.05, 4.69) is 16.7 Å². The van der Waals surface area contributed by atoms with E-state index in [4.69, 9.17) is 0 Å². The highest BCUT2D eigenvalue weighted by Gasteiger charge is 2.38. The first-order valence-corrected chi connectivity index (χ1v) is 14.2. The lowest BCUT2D eigenvalue weighted by Gasteiger charge is -2.40. The van der Waals surface area contributed by atoms with Crippen LogP contribution in [0.5, 0.6) is 11.5 Å². The molecular formula is C30H48N2O4. The maximum Gasteiger partial charge on any atom is 0.243 e. The van der Waals surface area contributed by atoms with Gasteiger partial charge >= 0.3 is 0 Å². The maximum atomic E-state index is 11.2. The zero-order valence-electron chi connectivity index (χ0n) is 22.2. The molecule has 3 aliphatic rings. The molecule has 4 rings (SSSR count). The number of phenols is 2. The Hall–Kier alpha value is -2.05. The number of carbonyl (C=O) groups excluding carboxylic acids is 1. The first-order valence-electron chi connectivity index (χ1n) is 14.2. The van der Waals surface area contributed by atoms with Crippen LogP contribution in [0, 0.1) is 17.8 Å². The van der Waals surface area contributed by atoms with Gasteiger partial charge in [0.1, 0.15) is 0 Å². The molecule has 3 aliphatic carbocycles. The molecule has 0 radical (unpaired) electrons. The van der Waals surface area contributed by atoms with Crippen molar-refractivity contribution in [1.29, 1.82) is 0 Å². The van der Waals surface area contributed by atoms with Gasteiger partial charge < -0.3 is 26.0 Å². The molecule has 2 unspecified atom stereocenters. The highest BCUT2D eigenvalue weighted by atomic mass is 16.3. The summed E-state index contributed by atoms with van der Waals surface area (Å²) in [6, 6.07) is 4.95. The van der Waals surface area contributed by atoms with Gasteiger partial charge in [0.25, 0.3) is 0 Å². The van der Waals surface area contributed by atoms with Crippen LogP contribution in [0.25, 0.3) is 0 Å². The van der Waals surface area contributed by atoms with Gasteiger partial charge in [0.05, 0.1) is 5.60 Å². The molecule has 36 heavy (non-hydrogen) atoms. The lowest BCUT2D eigenvalue weighted by molar-refractivity contribution is -0.116. The van der Waals surface area contributed by atoms with Gasteiger partial charge in [-0.3, -0.25) is 4.79 Å². The van der Waals surface area contributed by atoms with Gasteiger partial charge in [-0.1, -0.05) is 44.2 Å². The quantitative estimate of drug-likeness (QED) is 0.172. The second-order valence-electron chi connectivity index (χ2n) is 11.2. The molecule has 0 bridgehead atoms. The van der Waals surface area contributed by atoms with Gasteiger partial charge in [-0.2, -0.15) is 0 Å². The Morgan fingerprint density at radius 2 is 1.78 bits per heavy atom. The topological polar surface area (TPSA) is 102 Å². The summed E-state index contributed by atoms with van der Waals surface area (Å²) in [4.78, 5) is 10.9. The van der Waals surface area contributed by atoms with E-state index in [1.807, 2.05) is 6.07 Å². The maximum absolute atomic E-state index is 11.2. The van der Waals surface area contributed by atoms with E-state index in [0.29, 0.717) is 11.8 Å². The minimum absolute atomic E-state index is 0.0144. The van der Waals surface area contributed by atoms with Crippen molar-refractivity contribution in [3.05, 3.63) is 35.9 Å². The predicted molar refractivity (Wildman–Crippen MR) is 145 cm³/mol. The average Bonchev–Trinajstić information content (AvgIpc) is 3.72. The fourth-order valence-electron chi connectivity index (χ4n) is 5.66. The number of hydrogen-bond donors (Lipinski definition) is 5. The summed E-state index contributed by atoms with van der Waals surface area (Å²) >= 11 is 0. The molecule has 0 spiro atoms. The molecular weight excluding hydrogens is 452 g/mol. The van der Waals surface area contributed by atoms with Crippen molar-refractivity contribution in [3.63, 3.8) is 0 Å². The first kappa shape index (κ1) is 28.5. The van der Waals surface area contributed by atoms with Crippen molar-refractivity contribution in [2.45, 2.75) is 95.5 Å². The Balaban J connectivity index is 0.000000253. The number of hydrogen-bond acceptors (Lipinski definition) is 5. The molecule has 6 heteroatoms. The molecule has 0 heterocycles. The number of carbonyl (C=O) groups is 1. The van der Waals surface area contributed by atoms with E-state index in [1.165, 1.54) is 57.4 Å². The van der Waals surface area contributed by atoms with Crippen molar-refractivity contribution in [3.8, 4) is 11.5 Å². The Morgan fingerprint density at radius 3 is 2.47 bits per heavy atom. The second kappa shape index (κ2) is 14.6. The highest BCUT2D eigenvalue weighted by molar-refractivity contribution is 5.87. The number of likely N-dealkylation sites (N-methyl/N-ethyl adjacent to an activating group) is 1. The van der Waals surface area contributed by atoms with Crippen LogP contribution in [-0.2, 0) is 11.2 Å². The summed E-state index contributed by atoms with van der Waals surface area (Å²) in [5.74, 6) is 1.76. The predicted octanol–water partition coefficient (Wildman–Crippen LogP) is 5.21. The van der Waals surface area contributed by atoms with E-state index >= 15 is 0 Å². The molecule has 2 atom stereocenters. The molecule has 5 N–H and O–H groups in total. The smallest absolute Gasteiger partial charge is 0.243 e. The number of nitrogens with one attached hydrogen (secondary N) is 2. The van der Waals surface area contributed by atoms with Crippen LogP contribution in [0.2, 0.25) is 0 Å². The third kappa shape index (κ3) is 9.78. The fraction of sp³-hybridized carbons (Fsp3) is 0.700. The van der Waals surface area contributed by atoms with Crippen LogP contribution in [-0.4, -0.2) is 47.0 Å². The molecule has 1 aromatic rings. The summed E-state index contributed by atoms with van der Waals surface area (Å²) < 4.78 is 0. The van der Waals surface area contributed by atoms with Gasteiger partial charge in [-0.05, 0) is 112 Å². The molecule has 0 aliphatic heterocycles. The zero-order chi connectivity index (χ0) is 25.8. The second-order valence-corrected chi connectivity index (χ2v) is 11.2. The standard InChI is InChI=1S/C20H31NO3.C10H17NO/c22-18-7-6-15(13-19(18)23)8-11-20(24)10-2-1-3-17(20)9-12-21-14-16-4-5-16;1-11-10(12)8-7-9-5-3-2-4-6-9/h6-7,13,16-17,21-24H,1-5,8-12,14H2;7-9H,2-6H2,1H3,(H,11,12)/b;8-7+. The lowest BCUT2D eigenvalue weighted by Crippen LogP contribution is -2.42. The number of benzene rings is 1. The number of rotatable bonds is 10. The Labute approximate surface area is 217 Å². The van der Waals surface area contributed by atoms with Crippen molar-refractivity contribution in [2.24, 2.45) is 17.8 Å². The number of aromatic hydroxyl groups is 2. The van der Waals surface area contributed by atoms with Crippen molar-refractivity contribution < 1.29 is 20.1 Å². The molecule has 3 saturated carbocycles. The lowest BCUT2D eigenvalue weighted by atomic mass is 9.71. The number of amides is 1. The zero-order valence-corrected chi connectivity index (χ0v) is 22.2. The molecule has 0 aromatic heterocycles. The SMILES string of the molecule is CNC(=O)/C=C/C1CCCCC1.Oc1ccc(CCC2(O)CCCCC2CCNCC2CC2)cc1O. The Morgan fingerprint density at radius 1 is 1.03 bits per heavy atom. The van der Waals surface area contributed by atoms with Crippen molar-refractivity contribution >= 4 is 5.91 Å². The van der Waals surface area contributed by atoms with E-state index in [9.17, 15) is 20.1 Å². The van der Waals surface area contributed by atoms with Gasteiger partial charge in [-0.15, -0.1) is 0 Å². The summed E-state index contributed by atoms with van der Waals surface area (Å²) in [7, 11) is 1.66. The number of allylic oxidation sites excluding steroid dienone is 1. The largest absolute Gasteiger partial charge is 0.504 e. The van der Waals surface area contributed by atoms with Crippen LogP contribution < -0.4 is 10.6 Å². The van der Waals surface area contributed by atoms with E-state index in [1.54, 1.807) is 19.2 Å². The third-order valence-electron chi connectivity index (χ3n) is 8.27. The first-order chi connectivity index (χ1) is 17.4. The number of aryl methyl sites for hydroxylation is 1. The van der Waals surface area contributed by atoms with Crippen LogP contribution in [0.3, 0.4) is 0 Å². The van der Waals surface area contributed by atoms with Crippen LogP contribution in [0.4, 0.5) is 0 Å². The van der Waals surface area contributed by atoms with Crippen molar-refractivity contribution in [1.82, 2.24) is 10.6 Å². The molecule has 202 valence electrons. The normalized spacial score (nSPS) is 24.8. The number of phenolic OH excluding ortho intramolecular Hbond substituents is 2. The van der Waals surface area contributed by atoms with Gasteiger partial charge in [0.15, 0.2) is 11.5 Å². The van der Waals surface area contributed by atoms with Gasteiger partial charge in [-0.25, -0.2) is 0 Å². The van der Waals surface area contributed by atoms with E-state index < -0.39 is 5.60 Å². The van der Waals surface area contributed by atoms with Crippen LogP contribution >= 0.6 is 0 Å². The average molecular weight is 501 g/mol. The summed E-state index contributed by atoms with van der Waals surface area (Å²) in [6.45, 7) is 2.14. The highest BCUT2D eigenvalue weighted by Crippen LogP contribution is 2.39. The molecule has 0 saturated heterocycles. The fourth-order valence-corrected chi connectivity index (χ4v) is 5.66. The summed E-state index contributed by atoms with van der Waals surface area (Å²) in [6.07, 6.45) is 19.8. The molecule has 3 fully saturated rings. The van der Waals surface area contributed by atoms with Crippen molar-refractivity contribution in [2.75, 3.05) is 20.1 Å². The summed E-state index contributed by atoms with van der Waals surface area (Å²) in [5, 5.41) is 36.4. The van der Waals surface area contributed by atoms with Gasteiger partial charge in [0, 0.05) is 7.05 Å². The molecule has 1 amide bonds. The van der Waals surface area contributed by atoms with E-state index in [-0.39, 0.29) is 17.4 Å².